The van der Waals surface area contributed by atoms with E-state index in [1.54, 1.807) is 22.9 Å². The SMILES string of the molecule is N/N=N/I. The minimum Gasteiger partial charge on any atom is -0.304 e. The molecule has 4 heavy (non-hydrogen) atoms. The van der Waals surface area contributed by atoms with Gasteiger partial charge in [-0.05, 0) is 0 Å². The van der Waals surface area contributed by atoms with Gasteiger partial charge in [-0.15, -0.1) is 0 Å². The van der Waals surface area contributed by atoms with E-state index in [0.29, 0.717) is 0 Å². The van der Waals surface area contributed by atoms with E-state index in [-0.39, 0.29) is 0 Å². The predicted molar refractivity (Wildman–Crippen MR) is 23.1 cm³/mol. The zero-order valence-electron chi connectivity index (χ0n) is 1.85. The topological polar surface area (TPSA) is 50.7 Å². The zero-order valence-corrected chi connectivity index (χ0v) is 4.01. The molecule has 4 heteroatoms. The van der Waals surface area contributed by atoms with Gasteiger partial charge >= 0.3 is 0 Å². The normalized spacial score (nSPS) is 9.25. The van der Waals surface area contributed by atoms with Gasteiger partial charge in [0.1, 0.15) is 22.9 Å². The molecule has 2 N–H and O–H groups in total. The van der Waals surface area contributed by atoms with E-state index in [1.807, 2.05) is 0 Å². The maximum absolute atomic E-state index is 4.48. The third-order valence-corrected chi connectivity index (χ3v) is 0.293. The Morgan fingerprint density at radius 2 is 2.00 bits per heavy atom. The largest absolute Gasteiger partial charge is 0.304 e. The summed E-state index contributed by atoms with van der Waals surface area (Å²) < 4.78 is 3.11. The van der Waals surface area contributed by atoms with E-state index in [2.05, 4.69) is 14.4 Å². The lowest BCUT2D eigenvalue weighted by Gasteiger charge is -1.52. The number of nitrogens with zero attached hydrogens (tertiary/aromatic N) is 2. The fourth-order valence-electron chi connectivity index (χ4n) is 0. The molecule has 0 fully saturated rings. The maximum atomic E-state index is 4.48. The van der Waals surface area contributed by atoms with Crippen molar-refractivity contribution >= 4 is 22.9 Å². The van der Waals surface area contributed by atoms with Crippen LogP contribution in [0.4, 0.5) is 0 Å². The van der Waals surface area contributed by atoms with Crippen LogP contribution in [0.2, 0.25) is 0 Å². The van der Waals surface area contributed by atoms with Crippen molar-refractivity contribution in [2.24, 2.45) is 14.4 Å². The van der Waals surface area contributed by atoms with E-state index >= 15 is 0 Å². The van der Waals surface area contributed by atoms with Crippen LogP contribution in [0.5, 0.6) is 0 Å². The summed E-state index contributed by atoms with van der Waals surface area (Å²) in [5.41, 5.74) is 0. The molecule has 0 bridgehead atoms. The Bertz CT molecular complexity index is 18.5. The molecule has 0 rings (SSSR count). The third-order valence-electron chi connectivity index (χ3n) is 0.0436. The molecule has 3 nitrogen and oxygen atoms in total. The lowest BCUT2D eigenvalue weighted by molar-refractivity contribution is 1.13. The molecule has 0 aliphatic rings. The van der Waals surface area contributed by atoms with Crippen LogP contribution < -0.4 is 5.84 Å². The fourth-order valence-corrected chi connectivity index (χ4v) is 0. The van der Waals surface area contributed by atoms with Gasteiger partial charge in [0.15, 0.2) is 0 Å². The molecule has 0 spiro atoms. The van der Waals surface area contributed by atoms with Crippen molar-refractivity contribution < 1.29 is 0 Å². The first-order valence-corrected chi connectivity index (χ1v) is 1.59. The summed E-state index contributed by atoms with van der Waals surface area (Å²) in [6, 6.07) is 0. The number of hydrogen-bond donors (Lipinski definition) is 1. The summed E-state index contributed by atoms with van der Waals surface area (Å²) in [6.07, 6.45) is 0. The Balaban J connectivity index is 2.55. The van der Waals surface area contributed by atoms with Crippen molar-refractivity contribution in [1.29, 1.82) is 0 Å². The molecule has 0 aliphatic carbocycles. The molecular weight excluding hydrogens is 169 g/mol. The van der Waals surface area contributed by atoms with Crippen molar-refractivity contribution in [2.75, 3.05) is 0 Å². The predicted octanol–water partition coefficient (Wildman–Crippen LogP) is 0.662. The Labute approximate surface area is 37.7 Å². The smallest absolute Gasteiger partial charge is 0.113 e. The second kappa shape index (κ2) is 3.13. The van der Waals surface area contributed by atoms with Gasteiger partial charge in [-0.25, -0.2) is 0 Å². The van der Waals surface area contributed by atoms with Gasteiger partial charge < -0.3 is 5.84 Å². The number of nitrogens with two attached hydrogens (primary N) is 1. The third kappa shape index (κ3) is 2.13. The Morgan fingerprint density at radius 3 is 2.00 bits per heavy atom. The standard InChI is InChI=1S/H2IN3/c1-3-4-2/h(H2,2,3). The van der Waals surface area contributed by atoms with Crippen molar-refractivity contribution in [3.63, 3.8) is 0 Å². The van der Waals surface area contributed by atoms with Crippen LogP contribution in [0, 0.1) is 0 Å². The van der Waals surface area contributed by atoms with Crippen LogP contribution in [0.3, 0.4) is 0 Å². The molecule has 0 unspecified atom stereocenters. The molecule has 0 aromatic rings. The highest BCUT2D eigenvalue weighted by Crippen LogP contribution is 1.75. The van der Waals surface area contributed by atoms with Gasteiger partial charge in [0.2, 0.25) is 0 Å². The summed E-state index contributed by atoms with van der Waals surface area (Å²) in [6.45, 7) is 0. The highest BCUT2D eigenvalue weighted by Gasteiger charge is 1.34. The molecule has 0 aromatic carbocycles. The van der Waals surface area contributed by atoms with E-state index < -0.39 is 0 Å². The summed E-state index contributed by atoms with van der Waals surface area (Å²) in [5, 5.41) is 2.85. The first-order chi connectivity index (χ1) is 1.91. The van der Waals surface area contributed by atoms with Crippen LogP contribution in [-0.2, 0) is 0 Å². The summed E-state index contributed by atoms with van der Waals surface area (Å²) in [4.78, 5) is 0. The molecule has 0 amide bonds. The van der Waals surface area contributed by atoms with E-state index in [0.717, 1.165) is 0 Å². The second-order valence-electron chi connectivity index (χ2n) is 0.191. The molecule has 0 heterocycles. The molecule has 0 aliphatic heterocycles. The van der Waals surface area contributed by atoms with Crippen molar-refractivity contribution in [1.82, 2.24) is 0 Å². The van der Waals surface area contributed by atoms with E-state index in [4.69, 9.17) is 0 Å². The van der Waals surface area contributed by atoms with Crippen molar-refractivity contribution in [3.8, 4) is 0 Å². The van der Waals surface area contributed by atoms with Gasteiger partial charge in [-0.2, -0.15) is 0 Å². The molecule has 0 saturated heterocycles. The average molecular weight is 171 g/mol. The quantitative estimate of drug-likeness (QED) is 0.247. The van der Waals surface area contributed by atoms with Crippen LogP contribution in [0.15, 0.2) is 8.55 Å². The van der Waals surface area contributed by atoms with Gasteiger partial charge in [0, 0.05) is 0 Å². The highest BCUT2D eigenvalue weighted by molar-refractivity contribution is 14.1. The van der Waals surface area contributed by atoms with Crippen molar-refractivity contribution in [3.05, 3.63) is 0 Å². The molecule has 24 valence electrons. The average Bonchev–Trinajstić information content (AvgIpc) is 1.37. The first kappa shape index (κ1) is 4.13. The minimum absolute atomic E-state index is 1.68. The van der Waals surface area contributed by atoms with Gasteiger partial charge in [-0.3, -0.25) is 0 Å². The number of hydrogen-bond acceptors (Lipinski definition) is 2. The molecule has 0 atom stereocenters. The monoisotopic (exact) mass is 171 g/mol. The van der Waals surface area contributed by atoms with E-state index in [9.17, 15) is 0 Å². The zero-order chi connectivity index (χ0) is 3.41. The molecule has 0 saturated carbocycles. The van der Waals surface area contributed by atoms with E-state index in [1.165, 1.54) is 0 Å². The fraction of sp³-hybridized carbons (Fsp3) is 0. The molecular formula is H2IN3. The number of halogens is 1. The second-order valence-corrected chi connectivity index (χ2v) is 0.623. The Kier molecular flexibility index (Phi) is 3.23. The minimum atomic E-state index is 1.68. The lowest BCUT2D eigenvalue weighted by atomic mass is 12.8. The Morgan fingerprint density at radius 1 is 1.75 bits per heavy atom. The summed E-state index contributed by atoms with van der Waals surface area (Å²) in [7, 11) is 0. The lowest BCUT2D eigenvalue weighted by Crippen LogP contribution is -1.68. The maximum Gasteiger partial charge on any atom is 0.113 e. The summed E-state index contributed by atoms with van der Waals surface area (Å²) >= 11 is 1.68. The van der Waals surface area contributed by atoms with Gasteiger partial charge in [-0.1, -0.05) is 8.55 Å². The number of rotatable bonds is 0. The highest BCUT2D eigenvalue weighted by atomic mass is 127. The molecule has 0 radical (unpaired) electrons. The van der Waals surface area contributed by atoms with Crippen LogP contribution in [0.1, 0.15) is 0 Å². The van der Waals surface area contributed by atoms with Crippen LogP contribution in [-0.4, -0.2) is 0 Å². The first-order valence-electron chi connectivity index (χ1n) is 0.627. The summed E-state index contributed by atoms with van der Waals surface area (Å²) in [5.74, 6) is 4.48. The van der Waals surface area contributed by atoms with Gasteiger partial charge in [0.05, 0.1) is 0 Å². The van der Waals surface area contributed by atoms with Gasteiger partial charge in [0.25, 0.3) is 0 Å². The Hall–Kier alpha value is 0.130. The van der Waals surface area contributed by atoms with Crippen LogP contribution in [0.25, 0.3) is 0 Å². The van der Waals surface area contributed by atoms with Crippen molar-refractivity contribution in [2.45, 2.75) is 0 Å². The van der Waals surface area contributed by atoms with Crippen LogP contribution >= 0.6 is 22.9 Å². The molecule has 0 aromatic heterocycles.